The van der Waals surface area contributed by atoms with Gasteiger partial charge in [0.1, 0.15) is 0 Å². The molecule has 0 bridgehead atoms. The molecule has 0 unspecified atom stereocenters. The van der Waals surface area contributed by atoms with Gasteiger partial charge in [-0.2, -0.15) is 5.10 Å². The summed E-state index contributed by atoms with van der Waals surface area (Å²) in [7, 11) is 1.49. The van der Waals surface area contributed by atoms with E-state index in [9.17, 15) is 9.18 Å². The SMILES string of the molecule is COc1ccc(C(=O)N2CCc3[nH]ncc3C2)cc1Oc1ccc(CN)cc1F. The number of carbonyl (C=O) groups excluding carboxylic acids is 1. The Balaban J connectivity index is 1.59. The maximum Gasteiger partial charge on any atom is 0.254 e. The number of carbonyl (C=O) groups is 1. The van der Waals surface area contributed by atoms with E-state index in [4.69, 9.17) is 15.2 Å². The first-order valence-electron chi connectivity index (χ1n) is 9.24. The average Bonchev–Trinajstić information content (AvgIpc) is 3.22. The molecular weight excluding hydrogens is 375 g/mol. The zero-order valence-electron chi connectivity index (χ0n) is 15.9. The van der Waals surface area contributed by atoms with Crippen molar-refractivity contribution in [2.24, 2.45) is 5.73 Å². The monoisotopic (exact) mass is 396 g/mol. The number of hydrogen-bond acceptors (Lipinski definition) is 5. The second kappa shape index (κ2) is 7.92. The van der Waals surface area contributed by atoms with Crippen molar-refractivity contribution >= 4 is 5.91 Å². The van der Waals surface area contributed by atoms with E-state index >= 15 is 0 Å². The molecule has 3 N–H and O–H groups in total. The summed E-state index contributed by atoms with van der Waals surface area (Å²) in [5.74, 6) is 0.0306. The molecule has 1 amide bonds. The Morgan fingerprint density at radius 1 is 1.24 bits per heavy atom. The normalized spacial score (nSPS) is 13.1. The van der Waals surface area contributed by atoms with E-state index in [0.717, 1.165) is 17.7 Å². The van der Waals surface area contributed by atoms with Crippen molar-refractivity contribution < 1.29 is 18.7 Å². The van der Waals surface area contributed by atoms with Crippen molar-refractivity contribution in [2.75, 3.05) is 13.7 Å². The van der Waals surface area contributed by atoms with Crippen LogP contribution in [0.25, 0.3) is 0 Å². The first-order valence-corrected chi connectivity index (χ1v) is 9.24. The molecule has 0 radical (unpaired) electrons. The van der Waals surface area contributed by atoms with Gasteiger partial charge >= 0.3 is 0 Å². The van der Waals surface area contributed by atoms with Crippen LogP contribution in [0.5, 0.6) is 17.2 Å². The van der Waals surface area contributed by atoms with Crippen LogP contribution in [0.15, 0.2) is 42.6 Å². The summed E-state index contributed by atoms with van der Waals surface area (Å²) in [6.07, 6.45) is 2.46. The highest BCUT2D eigenvalue weighted by Crippen LogP contribution is 2.34. The Labute approximate surface area is 167 Å². The van der Waals surface area contributed by atoms with Gasteiger partial charge in [0, 0.05) is 42.9 Å². The summed E-state index contributed by atoms with van der Waals surface area (Å²) in [4.78, 5) is 14.7. The number of H-pyrrole nitrogens is 1. The lowest BCUT2D eigenvalue weighted by Crippen LogP contribution is -2.35. The third kappa shape index (κ3) is 3.79. The molecule has 0 aliphatic carbocycles. The Morgan fingerprint density at radius 3 is 2.83 bits per heavy atom. The number of halogens is 1. The zero-order chi connectivity index (χ0) is 20.4. The molecule has 29 heavy (non-hydrogen) atoms. The molecule has 0 atom stereocenters. The standard InChI is InChI=1S/C21H21FN4O3/c1-28-19-5-3-14(21(27)26-7-6-17-15(12-26)11-24-25-17)9-20(19)29-18-4-2-13(10-23)8-16(18)22/h2-5,8-9,11H,6-7,10,12,23H2,1H3,(H,24,25). The topological polar surface area (TPSA) is 93.5 Å². The molecule has 2 heterocycles. The van der Waals surface area contributed by atoms with Crippen molar-refractivity contribution in [1.82, 2.24) is 15.1 Å². The second-order valence-corrected chi connectivity index (χ2v) is 6.79. The minimum atomic E-state index is -0.532. The Hall–Kier alpha value is -3.39. The fraction of sp³-hybridized carbons (Fsp3) is 0.238. The highest BCUT2D eigenvalue weighted by molar-refractivity contribution is 5.95. The molecule has 3 aromatic rings. The number of aromatic amines is 1. The highest BCUT2D eigenvalue weighted by Gasteiger charge is 2.24. The maximum absolute atomic E-state index is 14.3. The minimum Gasteiger partial charge on any atom is -0.493 e. The highest BCUT2D eigenvalue weighted by atomic mass is 19.1. The van der Waals surface area contributed by atoms with Crippen LogP contribution >= 0.6 is 0 Å². The molecule has 0 saturated heterocycles. The zero-order valence-corrected chi connectivity index (χ0v) is 15.9. The number of fused-ring (bicyclic) bond motifs is 1. The van der Waals surface area contributed by atoms with Gasteiger partial charge in [-0.1, -0.05) is 6.07 Å². The fourth-order valence-electron chi connectivity index (χ4n) is 3.34. The van der Waals surface area contributed by atoms with Crippen LogP contribution in [0.3, 0.4) is 0 Å². The lowest BCUT2D eigenvalue weighted by Gasteiger charge is -2.26. The Morgan fingerprint density at radius 2 is 2.07 bits per heavy atom. The van der Waals surface area contributed by atoms with Crippen LogP contribution in [-0.2, 0) is 19.5 Å². The summed E-state index contributed by atoms with van der Waals surface area (Å²) < 4.78 is 25.4. The van der Waals surface area contributed by atoms with Crippen molar-refractivity contribution in [3.05, 3.63) is 70.8 Å². The first kappa shape index (κ1) is 18.9. The third-order valence-electron chi connectivity index (χ3n) is 4.95. The minimum absolute atomic E-state index is 0.0334. The van der Waals surface area contributed by atoms with Crippen LogP contribution in [0.2, 0.25) is 0 Å². The van der Waals surface area contributed by atoms with Crippen LogP contribution < -0.4 is 15.2 Å². The number of methoxy groups -OCH3 is 1. The average molecular weight is 396 g/mol. The third-order valence-corrected chi connectivity index (χ3v) is 4.95. The molecular formula is C21H21FN4O3. The number of nitrogens with two attached hydrogens (primary N) is 1. The number of ether oxygens (including phenoxy) is 2. The Kier molecular flexibility index (Phi) is 5.18. The quantitative estimate of drug-likeness (QED) is 0.692. The predicted octanol–water partition coefficient (Wildman–Crippen LogP) is 3.01. The number of benzene rings is 2. The number of rotatable bonds is 5. The summed E-state index contributed by atoms with van der Waals surface area (Å²) in [5, 5.41) is 6.99. The van der Waals surface area contributed by atoms with E-state index < -0.39 is 5.82 Å². The number of aromatic nitrogens is 2. The lowest BCUT2D eigenvalue weighted by atomic mass is 10.1. The largest absolute Gasteiger partial charge is 0.493 e. The van der Waals surface area contributed by atoms with Crippen LogP contribution in [0.4, 0.5) is 4.39 Å². The second-order valence-electron chi connectivity index (χ2n) is 6.79. The van der Waals surface area contributed by atoms with Gasteiger partial charge in [0.15, 0.2) is 23.1 Å². The van der Waals surface area contributed by atoms with E-state index in [1.807, 2.05) is 0 Å². The van der Waals surface area contributed by atoms with E-state index in [-0.39, 0.29) is 24.0 Å². The van der Waals surface area contributed by atoms with E-state index in [2.05, 4.69) is 10.2 Å². The van der Waals surface area contributed by atoms with Gasteiger partial charge in [-0.25, -0.2) is 4.39 Å². The molecule has 0 saturated carbocycles. The predicted molar refractivity (Wildman–Crippen MR) is 104 cm³/mol. The molecule has 7 nitrogen and oxygen atoms in total. The Bertz CT molecular complexity index is 1050. The van der Waals surface area contributed by atoms with Crippen LogP contribution in [-0.4, -0.2) is 34.7 Å². The summed E-state index contributed by atoms with van der Waals surface area (Å²) in [6.45, 7) is 1.31. The van der Waals surface area contributed by atoms with Gasteiger partial charge in [0.2, 0.25) is 0 Å². The molecule has 1 aliphatic rings. The number of amides is 1. The van der Waals surface area contributed by atoms with E-state index in [1.165, 1.54) is 19.2 Å². The molecule has 1 aromatic heterocycles. The molecule has 8 heteroatoms. The van der Waals surface area contributed by atoms with E-state index in [1.54, 1.807) is 35.4 Å². The number of nitrogens with zero attached hydrogens (tertiary/aromatic N) is 2. The van der Waals surface area contributed by atoms with Crippen LogP contribution in [0.1, 0.15) is 27.2 Å². The van der Waals surface area contributed by atoms with Crippen LogP contribution in [0, 0.1) is 5.82 Å². The van der Waals surface area contributed by atoms with Crippen molar-refractivity contribution in [3.8, 4) is 17.2 Å². The van der Waals surface area contributed by atoms with Gasteiger partial charge in [-0.15, -0.1) is 0 Å². The van der Waals surface area contributed by atoms with Crippen molar-refractivity contribution in [3.63, 3.8) is 0 Å². The number of nitrogens with one attached hydrogen (secondary N) is 1. The molecule has 2 aromatic carbocycles. The van der Waals surface area contributed by atoms with Gasteiger partial charge in [-0.3, -0.25) is 9.89 Å². The fourth-order valence-corrected chi connectivity index (χ4v) is 3.34. The number of hydrogen-bond donors (Lipinski definition) is 2. The molecule has 0 fully saturated rings. The first-order chi connectivity index (χ1) is 14.1. The lowest BCUT2D eigenvalue weighted by molar-refractivity contribution is 0.0734. The van der Waals surface area contributed by atoms with Crippen molar-refractivity contribution in [1.29, 1.82) is 0 Å². The summed E-state index contributed by atoms with van der Waals surface area (Å²) in [6, 6.07) is 9.41. The van der Waals surface area contributed by atoms with Crippen molar-refractivity contribution in [2.45, 2.75) is 19.5 Å². The summed E-state index contributed by atoms with van der Waals surface area (Å²) in [5.41, 5.74) is 8.71. The smallest absolute Gasteiger partial charge is 0.254 e. The summed E-state index contributed by atoms with van der Waals surface area (Å²) >= 11 is 0. The van der Waals surface area contributed by atoms with Gasteiger partial charge in [0.05, 0.1) is 13.3 Å². The molecule has 4 rings (SSSR count). The maximum atomic E-state index is 14.3. The van der Waals surface area contributed by atoms with Gasteiger partial charge in [0.25, 0.3) is 5.91 Å². The molecule has 150 valence electrons. The van der Waals surface area contributed by atoms with E-state index in [0.29, 0.717) is 30.0 Å². The molecule has 1 aliphatic heterocycles. The molecule has 0 spiro atoms. The van der Waals surface area contributed by atoms with Gasteiger partial charge in [-0.05, 0) is 35.9 Å². The van der Waals surface area contributed by atoms with Gasteiger partial charge < -0.3 is 20.1 Å².